The molecule has 1 N–H and O–H groups in total. The molecular weight excluding hydrogens is 332 g/mol. The Kier molecular flexibility index (Phi) is 4.49. The number of thiophene rings is 1. The van der Waals surface area contributed by atoms with Gasteiger partial charge in [-0.1, -0.05) is 29.8 Å². The summed E-state index contributed by atoms with van der Waals surface area (Å²) < 4.78 is 1.54. The van der Waals surface area contributed by atoms with E-state index in [1.54, 1.807) is 0 Å². The first-order chi connectivity index (χ1) is 8.49. The SMILES string of the molecule is Cc1cccc(C)c1CC(O)c1cc(Br)c(Cl)s1. The maximum atomic E-state index is 10.3. The van der Waals surface area contributed by atoms with Crippen LogP contribution in [0.2, 0.25) is 4.34 Å². The molecule has 1 atom stereocenters. The summed E-state index contributed by atoms with van der Waals surface area (Å²) in [7, 11) is 0. The minimum Gasteiger partial charge on any atom is -0.387 e. The molecule has 1 nitrogen and oxygen atoms in total. The molecule has 0 aliphatic carbocycles. The second kappa shape index (κ2) is 5.74. The molecule has 0 radical (unpaired) electrons. The number of benzene rings is 1. The summed E-state index contributed by atoms with van der Waals surface area (Å²) in [6, 6.07) is 8.09. The van der Waals surface area contributed by atoms with Gasteiger partial charge in [0, 0.05) is 15.8 Å². The molecule has 0 aliphatic heterocycles. The van der Waals surface area contributed by atoms with Gasteiger partial charge in [-0.25, -0.2) is 0 Å². The van der Waals surface area contributed by atoms with Crippen LogP contribution in [0.1, 0.15) is 27.7 Å². The van der Waals surface area contributed by atoms with Crippen LogP contribution in [-0.2, 0) is 6.42 Å². The van der Waals surface area contributed by atoms with Crippen LogP contribution in [-0.4, -0.2) is 5.11 Å². The molecular formula is C14H14BrClOS. The highest BCUT2D eigenvalue weighted by atomic mass is 79.9. The van der Waals surface area contributed by atoms with Crippen molar-refractivity contribution in [1.82, 2.24) is 0 Å². The lowest BCUT2D eigenvalue weighted by Crippen LogP contribution is -2.03. The zero-order valence-corrected chi connectivity index (χ0v) is 13.4. The number of aryl methyl sites for hydroxylation is 2. The molecule has 0 aliphatic rings. The molecule has 0 bridgehead atoms. The van der Waals surface area contributed by atoms with Gasteiger partial charge >= 0.3 is 0 Å². The van der Waals surface area contributed by atoms with Crippen molar-refractivity contribution in [1.29, 1.82) is 0 Å². The number of halogens is 2. The molecule has 0 amide bonds. The highest BCUT2D eigenvalue weighted by molar-refractivity contribution is 9.10. The summed E-state index contributed by atoms with van der Waals surface area (Å²) in [5, 5.41) is 10.3. The van der Waals surface area contributed by atoms with Crippen LogP contribution in [0, 0.1) is 13.8 Å². The summed E-state index contributed by atoms with van der Waals surface area (Å²) in [5.74, 6) is 0. The molecule has 18 heavy (non-hydrogen) atoms. The van der Waals surface area contributed by atoms with Gasteiger partial charge in [0.25, 0.3) is 0 Å². The minimum absolute atomic E-state index is 0.501. The molecule has 1 aromatic heterocycles. The number of hydrogen-bond donors (Lipinski definition) is 1. The van der Waals surface area contributed by atoms with E-state index in [0.717, 1.165) is 9.35 Å². The molecule has 2 rings (SSSR count). The Morgan fingerprint density at radius 1 is 1.33 bits per heavy atom. The number of hydrogen-bond acceptors (Lipinski definition) is 2. The van der Waals surface area contributed by atoms with E-state index in [1.165, 1.54) is 28.0 Å². The Morgan fingerprint density at radius 2 is 1.94 bits per heavy atom. The standard InChI is InChI=1S/C14H14BrClOS/c1-8-4-3-5-9(2)10(8)6-12(17)13-7-11(15)14(16)18-13/h3-5,7,12,17H,6H2,1-2H3. The van der Waals surface area contributed by atoms with Gasteiger partial charge in [0.2, 0.25) is 0 Å². The van der Waals surface area contributed by atoms with E-state index in [0.29, 0.717) is 10.8 Å². The topological polar surface area (TPSA) is 20.2 Å². The molecule has 2 aromatic rings. The zero-order chi connectivity index (χ0) is 13.3. The molecule has 0 saturated carbocycles. The van der Waals surface area contributed by atoms with Crippen molar-refractivity contribution in [3.8, 4) is 0 Å². The average molecular weight is 346 g/mol. The van der Waals surface area contributed by atoms with Gasteiger partial charge < -0.3 is 5.11 Å². The summed E-state index contributed by atoms with van der Waals surface area (Å²) in [4.78, 5) is 0.898. The molecule has 0 spiro atoms. The van der Waals surface area contributed by atoms with E-state index in [9.17, 15) is 5.11 Å². The summed E-state index contributed by atoms with van der Waals surface area (Å²) in [5.41, 5.74) is 3.65. The van der Waals surface area contributed by atoms with Crippen LogP contribution in [0.3, 0.4) is 0 Å². The third kappa shape index (κ3) is 2.97. The molecule has 4 heteroatoms. The summed E-state index contributed by atoms with van der Waals surface area (Å²) in [6.07, 6.45) is 0.125. The van der Waals surface area contributed by atoms with E-state index < -0.39 is 6.10 Å². The van der Waals surface area contributed by atoms with Crippen molar-refractivity contribution in [3.63, 3.8) is 0 Å². The quantitative estimate of drug-likeness (QED) is 0.824. The van der Waals surface area contributed by atoms with Crippen LogP contribution in [0.25, 0.3) is 0 Å². The molecule has 0 saturated heterocycles. The first-order valence-electron chi connectivity index (χ1n) is 5.67. The summed E-state index contributed by atoms with van der Waals surface area (Å²) >= 11 is 10.8. The fourth-order valence-corrected chi connectivity index (χ4v) is 3.71. The van der Waals surface area contributed by atoms with Gasteiger partial charge in [-0.3, -0.25) is 0 Å². The number of aliphatic hydroxyl groups is 1. The van der Waals surface area contributed by atoms with Gasteiger partial charge in [-0.15, -0.1) is 11.3 Å². The van der Waals surface area contributed by atoms with E-state index in [4.69, 9.17) is 11.6 Å². The van der Waals surface area contributed by atoms with E-state index in [-0.39, 0.29) is 0 Å². The number of aliphatic hydroxyl groups excluding tert-OH is 1. The van der Waals surface area contributed by atoms with Crippen molar-refractivity contribution in [2.24, 2.45) is 0 Å². The molecule has 1 heterocycles. The van der Waals surface area contributed by atoms with E-state index >= 15 is 0 Å². The van der Waals surface area contributed by atoms with Crippen LogP contribution in [0.5, 0.6) is 0 Å². The maximum Gasteiger partial charge on any atom is 0.107 e. The highest BCUT2D eigenvalue weighted by Gasteiger charge is 2.15. The fraction of sp³-hybridized carbons (Fsp3) is 0.286. The van der Waals surface area contributed by atoms with Gasteiger partial charge in [0.05, 0.1) is 6.10 Å². The second-order valence-corrected chi connectivity index (χ2v) is 6.90. The normalized spacial score (nSPS) is 12.7. The van der Waals surface area contributed by atoms with E-state index in [2.05, 4.69) is 41.9 Å². The van der Waals surface area contributed by atoms with Gasteiger partial charge in [0.1, 0.15) is 4.34 Å². The predicted octanol–water partition coefficient (Wildman–Crippen LogP) is 5.06. The van der Waals surface area contributed by atoms with Crippen LogP contribution in [0.15, 0.2) is 28.7 Å². The third-order valence-corrected chi connectivity index (χ3v) is 5.61. The summed E-state index contributed by atoms with van der Waals surface area (Å²) in [6.45, 7) is 4.15. The monoisotopic (exact) mass is 344 g/mol. The lowest BCUT2D eigenvalue weighted by atomic mass is 9.97. The molecule has 1 unspecified atom stereocenters. The Balaban J connectivity index is 2.23. The number of rotatable bonds is 3. The molecule has 96 valence electrons. The average Bonchev–Trinajstić information content (AvgIpc) is 2.64. The first kappa shape index (κ1) is 14.1. The minimum atomic E-state index is -0.501. The van der Waals surface area contributed by atoms with Crippen molar-refractivity contribution in [2.75, 3.05) is 0 Å². The van der Waals surface area contributed by atoms with E-state index in [1.807, 2.05) is 12.1 Å². The van der Waals surface area contributed by atoms with Gasteiger partial charge in [-0.2, -0.15) is 0 Å². The van der Waals surface area contributed by atoms with Crippen LogP contribution in [0.4, 0.5) is 0 Å². The first-order valence-corrected chi connectivity index (χ1v) is 7.65. The highest BCUT2D eigenvalue weighted by Crippen LogP contribution is 2.36. The van der Waals surface area contributed by atoms with Crippen molar-refractivity contribution >= 4 is 38.9 Å². The smallest absolute Gasteiger partial charge is 0.107 e. The Hall–Kier alpha value is -0.350. The van der Waals surface area contributed by atoms with Crippen molar-refractivity contribution < 1.29 is 5.11 Å². The van der Waals surface area contributed by atoms with Crippen molar-refractivity contribution in [3.05, 3.63) is 54.6 Å². The predicted molar refractivity (Wildman–Crippen MR) is 81.6 cm³/mol. The van der Waals surface area contributed by atoms with Gasteiger partial charge in [-0.05, 0) is 52.5 Å². The fourth-order valence-electron chi connectivity index (χ4n) is 1.99. The molecule has 1 aromatic carbocycles. The van der Waals surface area contributed by atoms with Crippen molar-refractivity contribution in [2.45, 2.75) is 26.4 Å². The Labute approximate surface area is 125 Å². The Bertz CT molecular complexity index is 525. The maximum absolute atomic E-state index is 10.3. The Morgan fingerprint density at radius 3 is 2.44 bits per heavy atom. The lowest BCUT2D eigenvalue weighted by molar-refractivity contribution is 0.182. The molecule has 0 fully saturated rings. The second-order valence-electron chi connectivity index (χ2n) is 4.36. The van der Waals surface area contributed by atoms with Crippen LogP contribution >= 0.6 is 38.9 Å². The zero-order valence-electron chi connectivity index (χ0n) is 10.2. The van der Waals surface area contributed by atoms with Gasteiger partial charge in [0.15, 0.2) is 0 Å². The largest absolute Gasteiger partial charge is 0.387 e. The lowest BCUT2D eigenvalue weighted by Gasteiger charge is -2.13. The van der Waals surface area contributed by atoms with Crippen LogP contribution < -0.4 is 0 Å². The third-order valence-electron chi connectivity index (χ3n) is 3.03.